The number of hydrogen-bond acceptors (Lipinski definition) is 4. The van der Waals surface area contributed by atoms with Crippen LogP contribution in [0.4, 0.5) is 21.5 Å². The second-order valence-electron chi connectivity index (χ2n) is 3.74. The van der Waals surface area contributed by atoms with Crippen molar-refractivity contribution in [3.8, 4) is 0 Å². The van der Waals surface area contributed by atoms with E-state index in [0.29, 0.717) is 17.1 Å². The molecule has 4 N–H and O–H groups in total. The van der Waals surface area contributed by atoms with E-state index in [1.165, 1.54) is 23.3 Å². The maximum atomic E-state index is 12.8. The molecule has 0 fully saturated rings. The number of nitrogens with two attached hydrogens (primary N) is 2. The largest absolute Gasteiger partial charge is 0.396 e. The average molecular weight is 232 g/mol. The Morgan fingerprint density at radius 3 is 2.41 bits per heavy atom. The zero-order chi connectivity index (χ0) is 12.4. The lowest BCUT2D eigenvalue weighted by molar-refractivity contribution is 0.628. The Labute approximate surface area is 98.6 Å². The standard InChI is InChI=1S/C12H13FN4/c1-8-6-16-7-11(14)12(8)17(15)10-4-2-9(13)3-5-10/h2-7H,14-15H2,1H3. The molecule has 0 saturated heterocycles. The highest BCUT2D eigenvalue weighted by atomic mass is 19.1. The van der Waals surface area contributed by atoms with E-state index in [1.807, 2.05) is 6.92 Å². The Balaban J connectivity index is 2.43. The molecule has 0 aliphatic carbocycles. The van der Waals surface area contributed by atoms with Crippen molar-refractivity contribution in [1.29, 1.82) is 0 Å². The van der Waals surface area contributed by atoms with Gasteiger partial charge in [0.2, 0.25) is 0 Å². The van der Waals surface area contributed by atoms with Gasteiger partial charge in [0.15, 0.2) is 0 Å². The molecule has 0 saturated carbocycles. The number of hydrogen-bond donors (Lipinski definition) is 2. The molecule has 0 aliphatic heterocycles. The molecule has 2 aromatic rings. The van der Waals surface area contributed by atoms with E-state index in [2.05, 4.69) is 4.98 Å². The minimum absolute atomic E-state index is 0.304. The van der Waals surface area contributed by atoms with E-state index < -0.39 is 0 Å². The molecule has 1 heterocycles. The lowest BCUT2D eigenvalue weighted by Crippen LogP contribution is -2.26. The van der Waals surface area contributed by atoms with E-state index in [9.17, 15) is 4.39 Å². The zero-order valence-corrected chi connectivity index (χ0v) is 9.39. The van der Waals surface area contributed by atoms with Gasteiger partial charge in [0.05, 0.1) is 23.3 Å². The third-order valence-electron chi connectivity index (χ3n) is 2.47. The van der Waals surface area contributed by atoms with Crippen LogP contribution in [-0.2, 0) is 0 Å². The lowest BCUT2D eigenvalue weighted by atomic mass is 10.2. The molecule has 4 nitrogen and oxygen atoms in total. The number of aryl methyl sites for hydroxylation is 1. The van der Waals surface area contributed by atoms with Crippen LogP contribution in [0.1, 0.15) is 5.56 Å². The average Bonchev–Trinajstić information content (AvgIpc) is 2.29. The number of aromatic nitrogens is 1. The van der Waals surface area contributed by atoms with Gasteiger partial charge < -0.3 is 5.73 Å². The first-order valence-electron chi connectivity index (χ1n) is 5.10. The molecule has 2 rings (SSSR count). The minimum atomic E-state index is -0.304. The van der Waals surface area contributed by atoms with Crippen LogP contribution in [-0.4, -0.2) is 4.98 Å². The summed E-state index contributed by atoms with van der Waals surface area (Å²) in [4.78, 5) is 3.97. The highest BCUT2D eigenvalue weighted by Crippen LogP contribution is 2.29. The second-order valence-corrected chi connectivity index (χ2v) is 3.74. The van der Waals surface area contributed by atoms with Gasteiger partial charge in [-0.05, 0) is 36.8 Å². The number of benzene rings is 1. The van der Waals surface area contributed by atoms with Crippen molar-refractivity contribution in [3.05, 3.63) is 48.0 Å². The number of halogens is 1. The van der Waals surface area contributed by atoms with Crippen LogP contribution >= 0.6 is 0 Å². The van der Waals surface area contributed by atoms with E-state index in [-0.39, 0.29) is 5.82 Å². The second kappa shape index (κ2) is 4.39. The van der Waals surface area contributed by atoms with Gasteiger partial charge in [0.25, 0.3) is 0 Å². The molecule has 0 amide bonds. The Morgan fingerprint density at radius 2 is 1.82 bits per heavy atom. The summed E-state index contributed by atoms with van der Waals surface area (Å²) in [5, 5.41) is 1.42. The fraction of sp³-hybridized carbons (Fsp3) is 0.0833. The SMILES string of the molecule is Cc1cncc(N)c1N(N)c1ccc(F)cc1. The molecular weight excluding hydrogens is 219 g/mol. The molecule has 88 valence electrons. The third kappa shape index (κ3) is 2.19. The monoisotopic (exact) mass is 232 g/mol. The van der Waals surface area contributed by atoms with Gasteiger partial charge in [0.1, 0.15) is 5.82 Å². The van der Waals surface area contributed by atoms with Crippen molar-refractivity contribution in [2.45, 2.75) is 6.92 Å². The van der Waals surface area contributed by atoms with Crippen LogP contribution in [0.15, 0.2) is 36.7 Å². The van der Waals surface area contributed by atoms with E-state index in [0.717, 1.165) is 5.56 Å². The molecule has 0 radical (unpaired) electrons. The van der Waals surface area contributed by atoms with Gasteiger partial charge >= 0.3 is 0 Å². The summed E-state index contributed by atoms with van der Waals surface area (Å²) in [6.07, 6.45) is 3.21. The number of pyridine rings is 1. The van der Waals surface area contributed by atoms with Crippen LogP contribution in [0.5, 0.6) is 0 Å². The Morgan fingerprint density at radius 1 is 1.18 bits per heavy atom. The first-order chi connectivity index (χ1) is 8.09. The summed E-state index contributed by atoms with van der Waals surface area (Å²) in [6.45, 7) is 1.86. The Kier molecular flexibility index (Phi) is 2.93. The lowest BCUT2D eigenvalue weighted by Gasteiger charge is -2.22. The molecule has 0 aliphatic rings. The van der Waals surface area contributed by atoms with Gasteiger partial charge in [0, 0.05) is 6.20 Å². The zero-order valence-electron chi connectivity index (χ0n) is 9.39. The van der Waals surface area contributed by atoms with Crippen LogP contribution in [0.3, 0.4) is 0 Å². The summed E-state index contributed by atoms with van der Waals surface area (Å²) in [5.41, 5.74) is 8.51. The molecule has 0 unspecified atom stereocenters. The van der Waals surface area contributed by atoms with Crippen LogP contribution in [0.25, 0.3) is 0 Å². The summed E-state index contributed by atoms with van der Waals surface area (Å²) < 4.78 is 12.8. The highest BCUT2D eigenvalue weighted by molar-refractivity contribution is 5.75. The van der Waals surface area contributed by atoms with Gasteiger partial charge in [-0.15, -0.1) is 0 Å². The first-order valence-corrected chi connectivity index (χ1v) is 5.10. The minimum Gasteiger partial charge on any atom is -0.396 e. The van der Waals surface area contributed by atoms with Gasteiger partial charge in [-0.3, -0.25) is 9.99 Å². The van der Waals surface area contributed by atoms with Crippen molar-refractivity contribution < 1.29 is 4.39 Å². The predicted molar refractivity (Wildman–Crippen MR) is 66.1 cm³/mol. The van der Waals surface area contributed by atoms with Crippen molar-refractivity contribution in [3.63, 3.8) is 0 Å². The first kappa shape index (κ1) is 11.3. The smallest absolute Gasteiger partial charge is 0.123 e. The molecule has 1 aromatic heterocycles. The fourth-order valence-electron chi connectivity index (χ4n) is 1.64. The molecular formula is C12H13FN4. The normalized spacial score (nSPS) is 10.3. The summed E-state index contributed by atoms with van der Waals surface area (Å²) in [6, 6.07) is 5.88. The van der Waals surface area contributed by atoms with E-state index in [1.54, 1.807) is 18.3 Å². The summed E-state index contributed by atoms with van der Waals surface area (Å²) in [7, 11) is 0. The van der Waals surface area contributed by atoms with Crippen molar-refractivity contribution in [2.75, 3.05) is 10.7 Å². The number of hydrazine groups is 1. The van der Waals surface area contributed by atoms with Crippen molar-refractivity contribution in [1.82, 2.24) is 4.98 Å². The molecule has 0 spiro atoms. The van der Waals surface area contributed by atoms with Crippen LogP contribution in [0.2, 0.25) is 0 Å². The molecule has 5 heteroatoms. The van der Waals surface area contributed by atoms with E-state index >= 15 is 0 Å². The topological polar surface area (TPSA) is 68.2 Å². The maximum Gasteiger partial charge on any atom is 0.123 e. The maximum absolute atomic E-state index is 12.8. The summed E-state index contributed by atoms with van der Waals surface area (Å²) >= 11 is 0. The number of anilines is 3. The van der Waals surface area contributed by atoms with Gasteiger partial charge in [-0.25, -0.2) is 10.2 Å². The third-order valence-corrected chi connectivity index (χ3v) is 2.47. The van der Waals surface area contributed by atoms with Crippen molar-refractivity contribution in [2.24, 2.45) is 5.84 Å². The number of nitrogen functional groups attached to an aromatic ring is 1. The Bertz CT molecular complexity index is 504. The summed E-state index contributed by atoms with van der Waals surface area (Å²) in [5.74, 6) is 5.67. The number of rotatable bonds is 2. The van der Waals surface area contributed by atoms with Crippen LogP contribution in [0, 0.1) is 12.7 Å². The molecule has 1 aromatic carbocycles. The molecule has 0 bridgehead atoms. The molecule has 0 atom stereocenters. The van der Waals surface area contributed by atoms with Crippen molar-refractivity contribution >= 4 is 17.1 Å². The quantitative estimate of drug-likeness (QED) is 0.614. The number of nitrogens with zero attached hydrogens (tertiary/aromatic N) is 2. The van der Waals surface area contributed by atoms with Gasteiger partial charge in [-0.1, -0.05) is 0 Å². The van der Waals surface area contributed by atoms with Crippen LogP contribution < -0.4 is 16.6 Å². The fourth-order valence-corrected chi connectivity index (χ4v) is 1.64. The van der Waals surface area contributed by atoms with E-state index in [4.69, 9.17) is 11.6 Å². The predicted octanol–water partition coefficient (Wildman–Crippen LogP) is 2.12. The van der Waals surface area contributed by atoms with Gasteiger partial charge in [-0.2, -0.15) is 0 Å². The Hall–Kier alpha value is -2.14. The molecule has 17 heavy (non-hydrogen) atoms. The highest BCUT2D eigenvalue weighted by Gasteiger charge is 2.11.